The van der Waals surface area contributed by atoms with E-state index in [1.165, 1.54) is 83.2 Å². The minimum atomic E-state index is -4.01. The lowest BCUT2D eigenvalue weighted by molar-refractivity contribution is -0.396. The predicted molar refractivity (Wildman–Crippen MR) is 571 cm³/mol. The molecule has 0 saturated carbocycles. The number of carbonyl (C=O) groups is 1. The number of hydrogen-bond donors (Lipinski definition) is 17. The fraction of sp³-hybridized carbons (Fsp3) is 0.382. The number of imidazole rings is 1. The largest absolute Gasteiger partial charge is 0.434 e. The van der Waals surface area contributed by atoms with Gasteiger partial charge in [-0.1, -0.05) is 176 Å². The maximum absolute atomic E-state index is 13.7. The summed E-state index contributed by atoms with van der Waals surface area (Å²) >= 11 is 7.55. The van der Waals surface area contributed by atoms with E-state index in [-0.39, 0.29) is 136 Å². The van der Waals surface area contributed by atoms with Gasteiger partial charge in [0.05, 0.1) is 121 Å². The summed E-state index contributed by atoms with van der Waals surface area (Å²) in [6.45, 7) is 17.4. The average Bonchev–Trinajstić information content (AvgIpc) is 1.66. The second-order valence-electron chi connectivity index (χ2n) is 33.9. The molecule has 11 heterocycles. The highest BCUT2D eigenvalue weighted by molar-refractivity contribution is 8.13. The van der Waals surface area contributed by atoms with Gasteiger partial charge in [-0.05, 0) is 92.6 Å². The van der Waals surface area contributed by atoms with Crippen molar-refractivity contribution in [1.82, 2.24) is 54.5 Å². The number of aromatic nitrogens is 3. The molecule has 7 aromatic rings. The van der Waals surface area contributed by atoms with Gasteiger partial charge in [0.1, 0.15) is 111 Å². The number of rotatable bonds is 46. The van der Waals surface area contributed by atoms with Crippen molar-refractivity contribution in [2.45, 2.75) is 151 Å². The molecule has 3 aromatic heterocycles. The summed E-state index contributed by atoms with van der Waals surface area (Å²) in [5.74, 6) is 2.17. The second-order valence-corrected chi connectivity index (χ2v) is 50.0. The molecule has 61 heteroatoms. The Morgan fingerprint density at radius 1 is 0.433 bits per heavy atom. The normalized spacial score (nSPS) is 25.1. The maximum Gasteiger partial charge on any atom is 0.434 e. The number of nitrogens with zero attached hydrogens (tertiary/aromatic N) is 14. The van der Waals surface area contributed by atoms with Crippen LogP contribution >= 0.6 is 112 Å². The molecule has 810 valence electrons. The molecule has 8 aliphatic rings. The summed E-state index contributed by atoms with van der Waals surface area (Å²) in [7, 11) is -14.3. The van der Waals surface area contributed by atoms with E-state index >= 15 is 0 Å². The Hall–Kier alpha value is -9.88. The van der Waals surface area contributed by atoms with Gasteiger partial charge in [0, 0.05) is 67.7 Å². The highest BCUT2D eigenvalue weighted by atomic mass is 32.2. The Morgan fingerprint density at radius 2 is 0.753 bits per heavy atom. The fourth-order valence-electron chi connectivity index (χ4n) is 14.3. The molecule has 8 aliphatic heterocycles. The number of thioether (sulfide) groups is 5. The molecule has 4 aromatic carbocycles. The number of nitrogens with one attached hydrogen (secondary N) is 4. The van der Waals surface area contributed by atoms with E-state index in [4.69, 9.17) is 59.1 Å². The van der Waals surface area contributed by atoms with Crippen LogP contribution in [0.4, 0.5) is 16.1 Å². The fourth-order valence-corrected chi connectivity index (χ4v) is 28.3. The predicted octanol–water partition coefficient (Wildman–Crippen LogP) is 8.81. The zero-order chi connectivity index (χ0) is 109. The van der Waals surface area contributed by atoms with Crippen molar-refractivity contribution in [1.29, 1.82) is 0 Å². The first-order chi connectivity index (χ1) is 71.3. The topological polar surface area (TPSA) is 716 Å². The number of thiazole rings is 1. The van der Waals surface area contributed by atoms with Crippen molar-refractivity contribution < 1.29 is 120 Å². The Bertz CT molecular complexity index is 6160. The van der Waals surface area contributed by atoms with E-state index in [2.05, 4.69) is 76.6 Å². The molecule has 0 radical (unpaired) electrons. The molecule has 4 saturated heterocycles. The van der Waals surface area contributed by atoms with Crippen LogP contribution in [0.5, 0.6) is 0 Å². The van der Waals surface area contributed by atoms with E-state index < -0.39 is 142 Å². The summed E-state index contributed by atoms with van der Waals surface area (Å²) in [6.07, 6.45) is 5.78. The van der Waals surface area contributed by atoms with Crippen molar-refractivity contribution >= 4 is 157 Å². The van der Waals surface area contributed by atoms with Crippen LogP contribution < -0.4 is 43.3 Å². The first-order valence-corrected chi connectivity index (χ1v) is 57.9. The quantitative estimate of drug-likeness (QED) is 0.00733. The van der Waals surface area contributed by atoms with Gasteiger partial charge in [0.25, 0.3) is 0 Å². The van der Waals surface area contributed by atoms with Crippen LogP contribution in [0.2, 0.25) is 0 Å². The van der Waals surface area contributed by atoms with Crippen LogP contribution in [-0.2, 0) is 112 Å². The van der Waals surface area contributed by atoms with Crippen molar-refractivity contribution in [2.24, 2.45) is 55.4 Å². The van der Waals surface area contributed by atoms with Crippen LogP contribution in [0.3, 0.4) is 0 Å². The number of amidine groups is 4. The Balaban J connectivity index is 0.000000177. The minimum Gasteiger partial charge on any atom is -0.395 e. The number of aliphatic hydroxyl groups excluding tert-OH is 9. The van der Waals surface area contributed by atoms with Gasteiger partial charge in [-0.15, -0.1) is 47.0 Å². The van der Waals surface area contributed by atoms with Crippen LogP contribution in [0.1, 0.15) is 51.5 Å². The molecule has 0 amide bonds. The summed E-state index contributed by atoms with van der Waals surface area (Å²) in [4.78, 5) is 74.5. The Labute approximate surface area is 889 Å². The third-order valence-corrected chi connectivity index (χ3v) is 38.0. The second kappa shape index (κ2) is 54.8. The molecule has 4 fully saturated rings. The molecule has 150 heavy (non-hydrogen) atoms. The molecule has 4 unspecified atom stereocenters. The van der Waals surface area contributed by atoms with E-state index in [0.717, 1.165) is 56.7 Å². The molecular formula is C89H114N22O28P4S7. The van der Waals surface area contributed by atoms with Gasteiger partial charge in [-0.25, -0.2) is 63.1 Å². The molecule has 15 rings (SSSR count). The van der Waals surface area contributed by atoms with E-state index in [0.29, 0.717) is 38.7 Å². The summed E-state index contributed by atoms with van der Waals surface area (Å²) < 4.78 is 101. The molecular weight excluding hydrogens is 2170 g/mol. The van der Waals surface area contributed by atoms with Crippen molar-refractivity contribution in [2.75, 3.05) is 45.4 Å². The number of carbonyl (C=O) groups excluding carboxylic acids is 1. The standard InChI is InChI=1S/C24H35N4O7PS2.C22H28N7O7PS.C22H26N5O7PS2.C21H25N6O7PS2/c1-16-27-19(25)9-10-28(16)22-21(31)20(30)18(38-22)14-35-36(33,26-13-17-7-5-4-6-8-17)34-11-12-37-23(32)24(2,3)15-29;1-14-26-18(23)8-9-28(14)21-20(31)19(30)17(38-21)13-36-37(34,25-10-15-6-4-3-5-7-15)35-12-16-11-24-22(27(16)2)29(32)33;1-14-25-18(23)9-10-26(14)22-21(29)20(28)17(37-22)13-34-35(32,24-11-15-5-3-2-4-6-15)33-12-16-7-8-19(36-16)27(30)31;1-13-25-17(22)7-8-26(13)20-19(29)18(28)16(37-20)12-34-35(32,24-9-14-5-3-2-4-6-14)33-11-15-10-23-21(36-15)27(30)31/h4-10,18,20-22,29-31H,1,11-15H2,2-3H3,(H2,25,27)(H,26,33);3-9,11,17,19-21,30-31H,1,10,12-13H2,2H3,(H2,23,26)(H,25,34);2-10,17,20-22,28-29H,1,11-13H2,(H2,23,25)(H,24,32);2-8,10,16,18-20,28-29H,1,9,11-12H2,(H2,22,25)(H,24,32)/t18-,20-,21+,22-,36?;17-,19-,20+,21-,37?;17-,20-,21+,22-,35?;16-,18-,19+,20-,35?/m1111/s1. The molecule has 21 N–H and O–H groups in total. The number of aliphatic hydroxyl groups is 9. The molecule has 0 spiro atoms. The Kier molecular flexibility index (Phi) is 43.4. The lowest BCUT2D eigenvalue weighted by atomic mass is 9.97. The smallest absolute Gasteiger partial charge is 0.395 e. The number of benzene rings is 4. The monoisotopic (exact) mass is 2290 g/mol. The SMILES string of the molecule is C=C1N=C(N)C=CN1[C@@H]1S[C@H](COP(=O)(NCc2ccccc2)OCCSC(=O)C(C)(C)CO)[C@@H](O)[C@@H]1O.C=C1N=C(N)C=CN1[C@@H]1S[C@H](COP(=O)(NCc2ccccc2)OCc2ccc([N+](=O)[O-])s2)[C@@H](O)[C@@H]1O.C=C1N=C(N)C=CN1[C@@H]1S[C@H](COP(=O)(NCc2ccccc2)OCc2cnc([N+](=O)[O-])n2C)[C@@H](O)[C@@H]1O.C=C1N=C(N)C=CN1[C@@H]1S[C@H](COP(=O)(NCc2ccccc2)OCc2cnc([N+](=O)[O-])s2)[C@@H](O)[C@@H]1O. The van der Waals surface area contributed by atoms with Crippen molar-refractivity contribution in [3.63, 3.8) is 0 Å². The van der Waals surface area contributed by atoms with Gasteiger partial charge in [0.2, 0.25) is 0 Å². The van der Waals surface area contributed by atoms with Crippen LogP contribution in [0.15, 0.2) is 265 Å². The number of thiophene rings is 1. The van der Waals surface area contributed by atoms with Crippen molar-refractivity contribution in [3.05, 3.63) is 313 Å². The summed E-state index contributed by atoms with van der Waals surface area (Å²) in [5.41, 5.74) is 25.5. The van der Waals surface area contributed by atoms with Gasteiger partial charge < -0.3 is 109 Å². The van der Waals surface area contributed by atoms with Crippen LogP contribution in [0, 0.1) is 35.8 Å². The lowest BCUT2D eigenvalue weighted by Gasteiger charge is -2.30. The number of nitro groups is 3. The molecule has 50 nitrogen and oxygen atoms in total. The zero-order valence-electron chi connectivity index (χ0n) is 80.4. The zero-order valence-corrected chi connectivity index (χ0v) is 89.7. The van der Waals surface area contributed by atoms with Crippen LogP contribution in [0.25, 0.3) is 0 Å². The third kappa shape index (κ3) is 33.1. The van der Waals surface area contributed by atoms with Gasteiger partial charge in [-0.3, -0.25) is 51.1 Å². The first kappa shape index (κ1) is 119. The van der Waals surface area contributed by atoms with Gasteiger partial charge >= 0.3 is 47.1 Å². The highest BCUT2D eigenvalue weighted by Crippen LogP contribution is 2.54. The van der Waals surface area contributed by atoms with Gasteiger partial charge in [0.15, 0.2) is 11.3 Å². The Morgan fingerprint density at radius 3 is 1.04 bits per heavy atom. The molecule has 0 bridgehead atoms. The highest BCUT2D eigenvalue weighted by Gasteiger charge is 2.52. The van der Waals surface area contributed by atoms with Crippen molar-refractivity contribution in [3.8, 4) is 0 Å². The van der Waals surface area contributed by atoms with E-state index in [1.54, 1.807) is 82.6 Å². The molecule has 20 atom stereocenters. The van der Waals surface area contributed by atoms with E-state index in [9.17, 15) is 99.4 Å². The maximum atomic E-state index is 13.7. The summed E-state index contributed by atoms with van der Waals surface area (Å²) in [6, 6.07) is 39.7. The average molecular weight is 2290 g/mol. The van der Waals surface area contributed by atoms with Crippen LogP contribution in [-0.4, -0.2) is 260 Å². The van der Waals surface area contributed by atoms with Gasteiger partial charge in [-0.2, -0.15) is 0 Å². The van der Waals surface area contributed by atoms with E-state index in [1.807, 2.05) is 121 Å². The lowest BCUT2D eigenvalue weighted by Crippen LogP contribution is -2.41. The first-order valence-electron chi connectivity index (χ1n) is 45.4. The number of aliphatic imine (C=N–C) groups is 4. The minimum absolute atomic E-state index is 0.0551. The number of nitrogens with two attached hydrogens (primary N) is 4. The summed E-state index contributed by atoms with van der Waals surface area (Å²) in [5, 5.41) is 133. The molecule has 0 aliphatic carbocycles. The number of hydrogen-bond acceptors (Lipinski definition) is 49. The third-order valence-electron chi connectivity index (χ3n) is 22.6.